The van der Waals surface area contributed by atoms with Crippen LogP contribution < -0.4 is 16.0 Å². The van der Waals surface area contributed by atoms with Crippen molar-refractivity contribution in [2.24, 2.45) is 5.18 Å². The molecule has 0 aliphatic carbocycles. The van der Waals surface area contributed by atoms with Crippen molar-refractivity contribution in [3.05, 3.63) is 40.9 Å². The summed E-state index contributed by atoms with van der Waals surface area (Å²) in [6, 6.07) is 8.04. The number of nitroso groups, excluding NO2 is 1. The molecule has 0 unspecified atom stereocenters. The molecule has 16 heteroatoms. The highest BCUT2D eigenvalue weighted by molar-refractivity contribution is 5.88. The number of hydrogen-bond acceptors (Lipinski definition) is 11. The van der Waals surface area contributed by atoms with Gasteiger partial charge in [0.15, 0.2) is 0 Å². The number of nitrogens with zero attached hydrogens (tertiary/aromatic N) is 3. The molecule has 0 radical (unpaired) electrons. The summed E-state index contributed by atoms with van der Waals surface area (Å²) in [5.41, 5.74) is 2.08. The minimum absolute atomic E-state index is 0.0594. The molecule has 1 aromatic carbocycles. The SMILES string of the molecule is CNCc1cc2ccccc2n1CCC(=O)N[C@@H](CO)C(=O)NCCOCCOCCOCCOCCC(=O)N(C)[C@@H](C)C(=O)N=O. The van der Waals surface area contributed by atoms with Gasteiger partial charge >= 0.3 is 5.91 Å². The van der Waals surface area contributed by atoms with E-state index < -0.39 is 30.5 Å². The molecule has 0 saturated heterocycles. The van der Waals surface area contributed by atoms with Crippen LogP contribution >= 0.6 is 0 Å². The zero-order valence-corrected chi connectivity index (χ0v) is 27.4. The number of carbonyl (C=O) groups is 4. The van der Waals surface area contributed by atoms with Gasteiger partial charge < -0.3 is 49.5 Å². The molecular weight excluding hydrogens is 616 g/mol. The zero-order valence-electron chi connectivity index (χ0n) is 27.4. The molecule has 2 aromatic rings. The number of likely N-dealkylation sites (N-methyl/N-ethyl adjacent to an activating group) is 1. The topological polar surface area (TPSA) is 199 Å². The van der Waals surface area contributed by atoms with Crippen molar-refractivity contribution in [2.45, 2.75) is 44.9 Å². The van der Waals surface area contributed by atoms with Crippen LogP contribution in [0.3, 0.4) is 0 Å². The smallest absolute Gasteiger partial charge is 0.308 e. The average molecular weight is 665 g/mol. The summed E-state index contributed by atoms with van der Waals surface area (Å²) in [4.78, 5) is 59.7. The number of para-hydroxylation sites is 1. The Labute approximate surface area is 274 Å². The summed E-state index contributed by atoms with van der Waals surface area (Å²) in [6.45, 7) is 4.46. The van der Waals surface area contributed by atoms with Crippen LogP contribution in [0.5, 0.6) is 0 Å². The summed E-state index contributed by atoms with van der Waals surface area (Å²) in [6.07, 6.45) is 0.207. The Bertz CT molecular complexity index is 1270. The fourth-order valence-electron chi connectivity index (χ4n) is 4.46. The first kappa shape index (κ1) is 39.4. The number of aryl methyl sites for hydroxylation is 1. The zero-order chi connectivity index (χ0) is 34.4. The lowest BCUT2D eigenvalue weighted by Crippen LogP contribution is -2.49. The van der Waals surface area contributed by atoms with Crippen LogP contribution in [0, 0.1) is 4.91 Å². The van der Waals surface area contributed by atoms with Gasteiger partial charge in [0.2, 0.25) is 17.7 Å². The van der Waals surface area contributed by atoms with Gasteiger partial charge in [-0.1, -0.05) is 18.2 Å². The standard InChI is InChI=1S/C31H48N6O10/c1-23(30(41)35-43)36(3)29(40)9-12-44-14-16-46-18-19-47-17-15-45-13-10-33-31(42)26(22-38)34-28(39)8-11-37-25(21-32-2)20-24-6-4-5-7-27(24)37/h4-7,20,23,26,32,38H,8-19,21-22H2,1-3H3,(H,33,42)(H,34,39)/t23-,26-/m0/s1. The van der Waals surface area contributed by atoms with Gasteiger partial charge in [0.25, 0.3) is 0 Å². The lowest BCUT2D eigenvalue weighted by molar-refractivity contribution is -0.138. The molecule has 0 spiro atoms. The summed E-state index contributed by atoms with van der Waals surface area (Å²) in [5, 5.41) is 21.5. The third-order valence-electron chi connectivity index (χ3n) is 7.19. The maximum atomic E-state index is 12.6. The minimum Gasteiger partial charge on any atom is -0.394 e. The van der Waals surface area contributed by atoms with E-state index in [9.17, 15) is 29.2 Å². The molecule has 0 aliphatic rings. The van der Waals surface area contributed by atoms with Crippen molar-refractivity contribution >= 4 is 34.5 Å². The van der Waals surface area contributed by atoms with Gasteiger partial charge in [-0.2, -0.15) is 0 Å². The molecule has 16 nitrogen and oxygen atoms in total. The number of aliphatic hydroxyl groups excluding tert-OH is 1. The number of rotatable bonds is 25. The number of ether oxygens (including phenoxy) is 4. The first-order valence-corrected chi connectivity index (χ1v) is 15.6. The number of nitrogens with one attached hydrogen (secondary N) is 3. The van der Waals surface area contributed by atoms with Gasteiger partial charge in [0.1, 0.15) is 12.1 Å². The van der Waals surface area contributed by atoms with Gasteiger partial charge in [-0.05, 0) is 31.5 Å². The second-order valence-corrected chi connectivity index (χ2v) is 10.5. The largest absolute Gasteiger partial charge is 0.394 e. The van der Waals surface area contributed by atoms with Crippen LogP contribution in [-0.2, 0) is 51.2 Å². The maximum Gasteiger partial charge on any atom is 0.308 e. The number of aliphatic hydroxyl groups is 1. The summed E-state index contributed by atoms with van der Waals surface area (Å²) < 4.78 is 23.7. The summed E-state index contributed by atoms with van der Waals surface area (Å²) in [7, 11) is 3.29. The predicted molar refractivity (Wildman–Crippen MR) is 172 cm³/mol. The Balaban J connectivity index is 1.47. The van der Waals surface area contributed by atoms with Gasteiger partial charge in [-0.3, -0.25) is 19.2 Å². The van der Waals surface area contributed by atoms with Gasteiger partial charge in [0, 0.05) is 49.5 Å². The first-order chi connectivity index (χ1) is 22.7. The number of benzene rings is 1. The first-order valence-electron chi connectivity index (χ1n) is 15.6. The maximum absolute atomic E-state index is 12.6. The second-order valence-electron chi connectivity index (χ2n) is 10.5. The van der Waals surface area contributed by atoms with Crippen molar-refractivity contribution in [1.29, 1.82) is 0 Å². The van der Waals surface area contributed by atoms with Crippen LogP contribution in [0.2, 0.25) is 0 Å². The van der Waals surface area contributed by atoms with Crippen molar-refractivity contribution in [3.8, 4) is 0 Å². The van der Waals surface area contributed by atoms with Crippen LogP contribution in [-0.4, -0.2) is 130 Å². The third kappa shape index (κ3) is 14.2. The molecule has 1 aromatic heterocycles. The van der Waals surface area contributed by atoms with Crippen molar-refractivity contribution in [1.82, 2.24) is 25.4 Å². The number of carbonyl (C=O) groups excluding carboxylic acids is 4. The molecule has 4 N–H and O–H groups in total. The molecule has 262 valence electrons. The van der Waals surface area contributed by atoms with E-state index in [1.54, 1.807) is 0 Å². The van der Waals surface area contributed by atoms with Crippen LogP contribution in [0.1, 0.15) is 25.5 Å². The lowest BCUT2D eigenvalue weighted by atomic mass is 10.2. The van der Waals surface area contributed by atoms with E-state index in [0.29, 0.717) is 46.1 Å². The van der Waals surface area contributed by atoms with E-state index in [1.165, 1.54) is 14.0 Å². The number of amides is 4. The normalized spacial score (nSPS) is 12.4. The third-order valence-corrected chi connectivity index (χ3v) is 7.19. The van der Waals surface area contributed by atoms with Crippen LogP contribution in [0.15, 0.2) is 35.5 Å². The molecule has 47 heavy (non-hydrogen) atoms. The molecule has 0 fully saturated rings. The molecule has 4 amide bonds. The molecule has 1 heterocycles. The van der Waals surface area contributed by atoms with E-state index in [0.717, 1.165) is 21.5 Å². The van der Waals surface area contributed by atoms with Crippen molar-refractivity contribution in [2.75, 3.05) is 80.1 Å². The average Bonchev–Trinajstić information content (AvgIpc) is 3.43. The minimum atomic E-state index is -1.06. The summed E-state index contributed by atoms with van der Waals surface area (Å²) >= 11 is 0. The van der Waals surface area contributed by atoms with Crippen LogP contribution in [0.4, 0.5) is 0 Å². The Morgan fingerprint density at radius 3 is 2.17 bits per heavy atom. The summed E-state index contributed by atoms with van der Waals surface area (Å²) in [5.74, 6) is -2.08. The lowest BCUT2D eigenvalue weighted by Gasteiger charge is -2.21. The van der Waals surface area contributed by atoms with E-state index >= 15 is 0 Å². The van der Waals surface area contributed by atoms with Gasteiger partial charge in [0.05, 0.1) is 65.9 Å². The van der Waals surface area contributed by atoms with Crippen molar-refractivity contribution < 1.29 is 43.2 Å². The molecule has 0 aliphatic heterocycles. The molecular formula is C31H48N6O10. The number of fused-ring (bicyclic) bond motifs is 1. The highest BCUT2D eigenvalue weighted by atomic mass is 16.6. The van der Waals surface area contributed by atoms with E-state index in [2.05, 4.69) is 31.8 Å². The van der Waals surface area contributed by atoms with E-state index in [4.69, 9.17) is 18.9 Å². The van der Waals surface area contributed by atoms with Crippen LogP contribution in [0.25, 0.3) is 10.9 Å². The van der Waals surface area contributed by atoms with E-state index in [-0.39, 0.29) is 51.0 Å². The fourth-order valence-corrected chi connectivity index (χ4v) is 4.46. The quantitative estimate of drug-likeness (QED) is 0.0819. The highest BCUT2D eigenvalue weighted by Crippen LogP contribution is 2.20. The van der Waals surface area contributed by atoms with E-state index in [1.807, 2.05) is 31.3 Å². The molecule has 0 bridgehead atoms. The fraction of sp³-hybridized carbons (Fsp3) is 0.613. The Kier molecular flexibility index (Phi) is 19.0. The predicted octanol–water partition coefficient (Wildman–Crippen LogP) is -0.0595. The van der Waals surface area contributed by atoms with Gasteiger partial charge in [-0.25, -0.2) is 0 Å². The van der Waals surface area contributed by atoms with Crippen molar-refractivity contribution in [3.63, 3.8) is 0 Å². The second kappa shape index (κ2) is 22.7. The highest BCUT2D eigenvalue weighted by Gasteiger charge is 2.23. The molecule has 2 atom stereocenters. The number of hydrogen-bond donors (Lipinski definition) is 4. The number of aromatic nitrogens is 1. The Morgan fingerprint density at radius 1 is 0.936 bits per heavy atom. The molecule has 0 saturated carbocycles. The Hall–Kier alpha value is -3.80. The molecule has 2 rings (SSSR count). The Morgan fingerprint density at radius 2 is 1.55 bits per heavy atom. The van der Waals surface area contributed by atoms with Gasteiger partial charge in [-0.15, -0.1) is 4.91 Å². The monoisotopic (exact) mass is 664 g/mol.